The zero-order valence-electron chi connectivity index (χ0n) is 19.1. The van der Waals surface area contributed by atoms with E-state index in [1.165, 1.54) is 5.57 Å². The Morgan fingerprint density at radius 2 is 2.03 bits per heavy atom. The van der Waals surface area contributed by atoms with E-state index in [2.05, 4.69) is 12.1 Å². The van der Waals surface area contributed by atoms with Gasteiger partial charge in [0.2, 0.25) is 5.91 Å². The summed E-state index contributed by atoms with van der Waals surface area (Å²) in [6.07, 6.45) is 5.19. The molecule has 1 amide bonds. The van der Waals surface area contributed by atoms with Crippen molar-refractivity contribution >= 4 is 23.3 Å². The minimum absolute atomic E-state index is 0.0576. The lowest BCUT2D eigenvalue weighted by molar-refractivity contribution is -0.148. The predicted octanol–water partition coefficient (Wildman–Crippen LogP) is 5.45. The van der Waals surface area contributed by atoms with Gasteiger partial charge in [0.1, 0.15) is 11.3 Å². The molecule has 1 aromatic carbocycles. The third-order valence-corrected chi connectivity index (χ3v) is 7.18. The maximum Gasteiger partial charge on any atom is 0.331 e. The minimum atomic E-state index is -0.500. The van der Waals surface area contributed by atoms with Gasteiger partial charge in [0.15, 0.2) is 0 Å². The number of nitroso groups, excluding NO2 is 1. The van der Waals surface area contributed by atoms with E-state index in [1.54, 1.807) is 12.1 Å². The average Bonchev–Trinajstić information content (AvgIpc) is 3.05. The maximum absolute atomic E-state index is 13.0. The van der Waals surface area contributed by atoms with Crippen molar-refractivity contribution in [3.8, 4) is 0 Å². The van der Waals surface area contributed by atoms with Gasteiger partial charge in [0.25, 0.3) is 0 Å². The lowest BCUT2D eigenvalue weighted by atomic mass is 9.65. The zero-order chi connectivity index (χ0) is 22.6. The van der Waals surface area contributed by atoms with Crippen molar-refractivity contribution in [1.82, 2.24) is 0 Å². The molecular weight excluding hydrogens is 392 g/mol. The Morgan fingerprint density at radius 1 is 1.29 bits per heavy atom. The number of anilines is 1. The normalized spacial score (nSPS) is 31.5. The third-order valence-electron chi connectivity index (χ3n) is 7.18. The Hall–Kier alpha value is -2.50. The lowest BCUT2D eigenvalue weighted by Gasteiger charge is -2.39. The number of carbonyl (C=O) groups is 2. The zero-order valence-corrected chi connectivity index (χ0v) is 19.1. The number of esters is 1. The van der Waals surface area contributed by atoms with Gasteiger partial charge in [-0.2, -0.15) is 0 Å². The molecule has 31 heavy (non-hydrogen) atoms. The summed E-state index contributed by atoms with van der Waals surface area (Å²) in [5.41, 5.74) is 2.68. The molecule has 4 rings (SSSR count). The van der Waals surface area contributed by atoms with Crippen molar-refractivity contribution in [2.24, 2.45) is 28.3 Å². The van der Waals surface area contributed by atoms with E-state index in [1.807, 2.05) is 44.7 Å². The van der Waals surface area contributed by atoms with Crippen LogP contribution >= 0.6 is 0 Å². The van der Waals surface area contributed by atoms with Crippen molar-refractivity contribution in [3.05, 3.63) is 40.3 Å². The van der Waals surface area contributed by atoms with Crippen molar-refractivity contribution in [2.45, 2.75) is 65.9 Å². The van der Waals surface area contributed by atoms with E-state index < -0.39 is 5.60 Å². The number of fused-ring (bicyclic) bond motifs is 2. The predicted molar refractivity (Wildman–Crippen MR) is 120 cm³/mol. The van der Waals surface area contributed by atoms with E-state index in [4.69, 9.17) is 4.74 Å². The largest absolute Gasteiger partial charge is 0.457 e. The molecule has 1 aromatic rings. The second-order valence-corrected chi connectivity index (χ2v) is 10.8. The van der Waals surface area contributed by atoms with Crippen molar-refractivity contribution < 1.29 is 14.3 Å². The molecule has 0 aromatic heterocycles. The second kappa shape index (κ2) is 7.57. The summed E-state index contributed by atoms with van der Waals surface area (Å²) in [5, 5.41) is 3.03. The fraction of sp³-hybridized carbons (Fsp3) is 0.600. The molecule has 3 aliphatic rings. The highest BCUT2D eigenvalue weighted by Gasteiger charge is 2.54. The van der Waals surface area contributed by atoms with Crippen LogP contribution in [-0.2, 0) is 14.3 Å². The second-order valence-electron chi connectivity index (χ2n) is 10.8. The summed E-state index contributed by atoms with van der Waals surface area (Å²) in [5.74, 6) is 1.03. The van der Waals surface area contributed by atoms with Gasteiger partial charge in [0.05, 0.1) is 0 Å². The number of benzene rings is 1. The van der Waals surface area contributed by atoms with Crippen LogP contribution in [-0.4, -0.2) is 24.0 Å². The molecule has 4 atom stereocenters. The van der Waals surface area contributed by atoms with Gasteiger partial charge in [0, 0.05) is 24.7 Å². The maximum atomic E-state index is 13.0. The van der Waals surface area contributed by atoms with Crippen LogP contribution in [0.15, 0.2) is 35.0 Å². The molecule has 1 spiro atoms. The molecule has 6 nitrogen and oxygen atoms in total. The van der Waals surface area contributed by atoms with Crippen LogP contribution in [0.1, 0.15) is 58.9 Å². The SMILES string of the molecule is Cc1cc(N2CC3(CC2=O)CC2CC(C)C(C3)C2=CC(=O)OC(C)(C)C)ccc1N=O. The number of nitrogens with zero attached hydrogens (tertiary/aromatic N) is 2. The van der Waals surface area contributed by atoms with Crippen LogP contribution in [0, 0.1) is 35.0 Å². The molecule has 166 valence electrons. The fourth-order valence-corrected chi connectivity index (χ4v) is 5.98. The number of hydrogen-bond donors (Lipinski definition) is 0. The first kappa shape index (κ1) is 21.7. The molecule has 1 heterocycles. The highest BCUT2D eigenvalue weighted by molar-refractivity contribution is 5.96. The van der Waals surface area contributed by atoms with Crippen LogP contribution in [0.5, 0.6) is 0 Å². The van der Waals surface area contributed by atoms with E-state index in [0.29, 0.717) is 36.4 Å². The Morgan fingerprint density at radius 3 is 2.65 bits per heavy atom. The van der Waals surface area contributed by atoms with Gasteiger partial charge in [-0.1, -0.05) is 12.5 Å². The van der Waals surface area contributed by atoms with Gasteiger partial charge in [-0.25, -0.2) is 4.79 Å². The van der Waals surface area contributed by atoms with Crippen LogP contribution < -0.4 is 4.90 Å². The van der Waals surface area contributed by atoms with E-state index in [0.717, 1.165) is 30.5 Å². The summed E-state index contributed by atoms with van der Waals surface area (Å²) in [7, 11) is 0. The van der Waals surface area contributed by atoms with E-state index >= 15 is 0 Å². The standard InChI is InChI=1S/C25H32N2O4/c1-15-8-17-11-25(12-20(15)19(17)10-23(29)31-24(3,4)5)13-22(28)27(14-25)18-6-7-21(26-30)16(2)9-18/h6-7,9-10,15,17,20H,8,11-14H2,1-5H3. The van der Waals surface area contributed by atoms with E-state index in [-0.39, 0.29) is 17.3 Å². The molecule has 0 N–H and O–H groups in total. The number of rotatable bonds is 3. The Balaban J connectivity index is 1.55. The van der Waals surface area contributed by atoms with Crippen LogP contribution in [0.2, 0.25) is 0 Å². The van der Waals surface area contributed by atoms with Crippen LogP contribution in [0.25, 0.3) is 0 Å². The van der Waals surface area contributed by atoms with Crippen LogP contribution in [0.4, 0.5) is 11.4 Å². The van der Waals surface area contributed by atoms with Gasteiger partial charge in [-0.15, -0.1) is 4.91 Å². The molecule has 2 aliphatic carbocycles. The Bertz CT molecular complexity index is 961. The molecule has 1 saturated heterocycles. The number of hydrogen-bond acceptors (Lipinski definition) is 5. The smallest absolute Gasteiger partial charge is 0.331 e. The molecule has 3 fully saturated rings. The van der Waals surface area contributed by atoms with Gasteiger partial charge >= 0.3 is 5.97 Å². The van der Waals surface area contributed by atoms with Crippen molar-refractivity contribution in [3.63, 3.8) is 0 Å². The molecule has 6 heteroatoms. The lowest BCUT2D eigenvalue weighted by Crippen LogP contribution is -2.35. The Kier molecular flexibility index (Phi) is 5.31. The third kappa shape index (κ3) is 4.17. The van der Waals surface area contributed by atoms with Crippen LogP contribution in [0.3, 0.4) is 0 Å². The summed E-state index contributed by atoms with van der Waals surface area (Å²) < 4.78 is 5.53. The van der Waals surface area contributed by atoms with Gasteiger partial charge in [-0.05, 0) is 99.1 Å². The van der Waals surface area contributed by atoms with Gasteiger partial charge < -0.3 is 9.64 Å². The molecule has 4 unspecified atom stereocenters. The highest BCUT2D eigenvalue weighted by Crippen LogP contribution is 2.59. The summed E-state index contributed by atoms with van der Waals surface area (Å²) in [6, 6.07) is 5.38. The number of allylic oxidation sites excluding steroid dienone is 1. The molecule has 1 aliphatic heterocycles. The van der Waals surface area contributed by atoms with E-state index in [9.17, 15) is 14.5 Å². The first-order valence-electron chi connectivity index (χ1n) is 11.2. The topological polar surface area (TPSA) is 76.0 Å². The monoisotopic (exact) mass is 424 g/mol. The molecule has 2 bridgehead atoms. The summed E-state index contributed by atoms with van der Waals surface area (Å²) in [4.78, 5) is 38.2. The number of aryl methyl sites for hydroxylation is 1. The number of ether oxygens (including phenoxy) is 1. The van der Waals surface area contributed by atoms with Crippen molar-refractivity contribution in [2.75, 3.05) is 11.4 Å². The summed E-state index contributed by atoms with van der Waals surface area (Å²) in [6.45, 7) is 10.4. The number of amides is 1. The highest BCUT2D eigenvalue weighted by atomic mass is 16.6. The molecule has 2 saturated carbocycles. The quantitative estimate of drug-likeness (QED) is 0.367. The molecular formula is C25H32N2O4. The Labute approximate surface area is 184 Å². The summed E-state index contributed by atoms with van der Waals surface area (Å²) >= 11 is 0. The minimum Gasteiger partial charge on any atom is -0.457 e. The molecule has 0 radical (unpaired) electrons. The first-order valence-corrected chi connectivity index (χ1v) is 11.2. The first-order chi connectivity index (χ1) is 14.5. The van der Waals surface area contributed by atoms with Crippen molar-refractivity contribution in [1.29, 1.82) is 0 Å². The fourth-order valence-electron chi connectivity index (χ4n) is 5.98. The van der Waals surface area contributed by atoms with Gasteiger partial charge in [-0.3, -0.25) is 4.79 Å². The number of carbonyl (C=O) groups excluding carboxylic acids is 2. The average molecular weight is 425 g/mol.